The number of carbonyl (C=O) groups excluding carboxylic acids is 1. The Morgan fingerprint density at radius 1 is 1.17 bits per heavy atom. The second-order valence-electron chi connectivity index (χ2n) is 4.20. The normalized spacial score (nSPS) is 20.6. The number of halogens is 3. The van der Waals surface area contributed by atoms with Crippen LogP contribution in [0.3, 0.4) is 0 Å². The average molecular weight is 258 g/mol. The van der Waals surface area contributed by atoms with E-state index in [4.69, 9.17) is 0 Å². The highest BCUT2D eigenvalue weighted by Gasteiger charge is 2.30. The Morgan fingerprint density at radius 3 is 2.39 bits per heavy atom. The Morgan fingerprint density at radius 2 is 1.83 bits per heavy atom. The van der Waals surface area contributed by atoms with Crippen LogP contribution in [0.25, 0.3) is 0 Å². The number of nitrogens with one attached hydrogen (secondary N) is 2. The molecule has 1 fully saturated rings. The molecule has 1 aromatic carbocycles. The Balaban J connectivity index is 2.04. The fraction of sp³-hybridized carbons (Fsp3) is 0.417. The van der Waals surface area contributed by atoms with Crippen LogP contribution >= 0.6 is 0 Å². The molecule has 6 heteroatoms. The molecule has 2 N–H and O–H groups in total. The van der Waals surface area contributed by atoms with Gasteiger partial charge in [0.2, 0.25) is 5.91 Å². The summed E-state index contributed by atoms with van der Waals surface area (Å²) in [5.74, 6) is -0.110. The van der Waals surface area contributed by atoms with E-state index in [9.17, 15) is 18.0 Å². The van der Waals surface area contributed by atoms with Crippen molar-refractivity contribution in [1.29, 1.82) is 0 Å². The minimum Gasteiger partial charge on any atom is -0.353 e. The van der Waals surface area contributed by atoms with E-state index in [2.05, 4.69) is 10.6 Å². The van der Waals surface area contributed by atoms with Gasteiger partial charge in [-0.25, -0.2) is 0 Å². The van der Waals surface area contributed by atoms with Crippen molar-refractivity contribution in [3.05, 3.63) is 35.4 Å². The fourth-order valence-corrected chi connectivity index (χ4v) is 1.88. The molecule has 1 heterocycles. The van der Waals surface area contributed by atoms with Gasteiger partial charge in [0.25, 0.3) is 0 Å². The number of carbonyl (C=O) groups is 1. The van der Waals surface area contributed by atoms with Crippen molar-refractivity contribution < 1.29 is 18.0 Å². The zero-order valence-corrected chi connectivity index (χ0v) is 9.55. The third kappa shape index (κ3) is 3.01. The maximum absolute atomic E-state index is 12.4. The van der Waals surface area contributed by atoms with Crippen molar-refractivity contribution >= 4 is 5.91 Å². The molecule has 0 aliphatic carbocycles. The van der Waals surface area contributed by atoms with Gasteiger partial charge in [-0.2, -0.15) is 13.2 Å². The number of alkyl halides is 3. The summed E-state index contributed by atoms with van der Waals surface area (Å²) < 4.78 is 37.1. The van der Waals surface area contributed by atoms with E-state index in [1.807, 2.05) is 0 Å². The van der Waals surface area contributed by atoms with Crippen molar-refractivity contribution in [3.8, 4) is 0 Å². The number of hydrogen-bond donors (Lipinski definition) is 2. The molecule has 0 unspecified atom stereocenters. The largest absolute Gasteiger partial charge is 0.416 e. The highest BCUT2D eigenvalue weighted by Crippen LogP contribution is 2.29. The van der Waals surface area contributed by atoms with Gasteiger partial charge in [0.1, 0.15) is 0 Å². The smallest absolute Gasteiger partial charge is 0.353 e. The molecule has 98 valence electrons. The molecule has 1 atom stereocenters. The van der Waals surface area contributed by atoms with E-state index >= 15 is 0 Å². The van der Waals surface area contributed by atoms with Crippen LogP contribution < -0.4 is 10.6 Å². The molecular weight excluding hydrogens is 245 g/mol. The van der Waals surface area contributed by atoms with Crippen LogP contribution in [0.5, 0.6) is 0 Å². The molecule has 1 aliphatic rings. The predicted molar refractivity (Wildman–Crippen MR) is 59.9 cm³/mol. The highest BCUT2D eigenvalue weighted by atomic mass is 19.4. The number of piperazine rings is 1. The van der Waals surface area contributed by atoms with Gasteiger partial charge in [-0.05, 0) is 24.1 Å². The lowest BCUT2D eigenvalue weighted by Crippen LogP contribution is -2.53. The van der Waals surface area contributed by atoms with E-state index in [0.717, 1.165) is 12.1 Å². The molecule has 18 heavy (non-hydrogen) atoms. The minimum absolute atomic E-state index is 0.110. The summed E-state index contributed by atoms with van der Waals surface area (Å²) in [5.41, 5.74) is 0.0323. The van der Waals surface area contributed by atoms with E-state index in [1.54, 1.807) is 0 Å². The van der Waals surface area contributed by atoms with Crippen LogP contribution in [0.2, 0.25) is 0 Å². The number of amides is 1. The van der Waals surface area contributed by atoms with Crippen molar-refractivity contribution in [2.45, 2.75) is 18.6 Å². The molecular formula is C12H13F3N2O. The summed E-state index contributed by atoms with van der Waals surface area (Å²) in [4.78, 5) is 11.5. The SMILES string of the molecule is O=C1NCCN[C@H]1Cc1ccc(C(F)(F)F)cc1. The molecule has 1 aliphatic heterocycles. The number of rotatable bonds is 2. The van der Waals surface area contributed by atoms with Gasteiger partial charge < -0.3 is 10.6 Å². The highest BCUT2D eigenvalue weighted by molar-refractivity contribution is 5.82. The summed E-state index contributed by atoms with van der Waals surface area (Å²) >= 11 is 0. The van der Waals surface area contributed by atoms with E-state index in [0.29, 0.717) is 25.1 Å². The maximum atomic E-state index is 12.4. The first-order chi connectivity index (χ1) is 8.47. The molecule has 0 saturated carbocycles. The van der Waals surface area contributed by atoms with Crippen LogP contribution in [-0.2, 0) is 17.4 Å². The Hall–Kier alpha value is -1.56. The molecule has 0 aromatic heterocycles. The van der Waals surface area contributed by atoms with Gasteiger partial charge in [0, 0.05) is 13.1 Å². The number of hydrogen-bond acceptors (Lipinski definition) is 2. The first-order valence-electron chi connectivity index (χ1n) is 5.64. The second-order valence-corrected chi connectivity index (χ2v) is 4.20. The first-order valence-corrected chi connectivity index (χ1v) is 5.64. The lowest BCUT2D eigenvalue weighted by atomic mass is 10.0. The molecule has 3 nitrogen and oxygen atoms in total. The van der Waals surface area contributed by atoms with Gasteiger partial charge in [0.15, 0.2) is 0 Å². The third-order valence-electron chi connectivity index (χ3n) is 2.85. The van der Waals surface area contributed by atoms with Crippen LogP contribution in [-0.4, -0.2) is 25.0 Å². The summed E-state index contributed by atoms with van der Waals surface area (Å²) in [6, 6.07) is 4.53. The zero-order valence-electron chi connectivity index (χ0n) is 9.55. The van der Waals surface area contributed by atoms with Crippen LogP contribution in [0, 0.1) is 0 Å². The fourth-order valence-electron chi connectivity index (χ4n) is 1.88. The van der Waals surface area contributed by atoms with Crippen molar-refractivity contribution in [2.75, 3.05) is 13.1 Å². The molecule has 0 bridgehead atoms. The van der Waals surface area contributed by atoms with E-state index in [-0.39, 0.29) is 11.9 Å². The molecule has 0 radical (unpaired) electrons. The topological polar surface area (TPSA) is 41.1 Å². The summed E-state index contributed by atoms with van der Waals surface area (Å²) in [6.45, 7) is 1.26. The quantitative estimate of drug-likeness (QED) is 0.840. The predicted octanol–water partition coefficient (Wildman–Crippen LogP) is 1.34. The first kappa shape index (κ1) is 12.9. The molecule has 2 rings (SSSR count). The van der Waals surface area contributed by atoms with Gasteiger partial charge in [-0.3, -0.25) is 4.79 Å². The summed E-state index contributed by atoms with van der Waals surface area (Å²) in [6.07, 6.45) is -3.93. The van der Waals surface area contributed by atoms with Crippen LogP contribution in [0.4, 0.5) is 13.2 Å². The lowest BCUT2D eigenvalue weighted by molar-refractivity contribution is -0.137. The van der Waals surface area contributed by atoms with Gasteiger partial charge in [-0.1, -0.05) is 12.1 Å². The summed E-state index contributed by atoms with van der Waals surface area (Å²) in [5, 5.41) is 5.73. The van der Waals surface area contributed by atoms with Crippen molar-refractivity contribution in [1.82, 2.24) is 10.6 Å². The Kier molecular flexibility index (Phi) is 3.56. The zero-order chi connectivity index (χ0) is 13.2. The van der Waals surface area contributed by atoms with Crippen LogP contribution in [0.1, 0.15) is 11.1 Å². The molecule has 1 aromatic rings. The standard InChI is InChI=1S/C12H13F3N2O/c13-12(14,15)9-3-1-8(2-4-9)7-10-11(18)17-6-5-16-10/h1-4,10,16H,5-7H2,(H,17,18)/t10-/m0/s1. The van der Waals surface area contributed by atoms with Gasteiger partial charge in [0.05, 0.1) is 11.6 Å². The van der Waals surface area contributed by atoms with Crippen molar-refractivity contribution in [2.24, 2.45) is 0 Å². The Labute approximate surface area is 102 Å². The maximum Gasteiger partial charge on any atom is 0.416 e. The average Bonchev–Trinajstić information content (AvgIpc) is 2.32. The minimum atomic E-state index is -4.32. The lowest BCUT2D eigenvalue weighted by Gasteiger charge is -2.23. The molecule has 0 spiro atoms. The summed E-state index contributed by atoms with van der Waals surface area (Å²) in [7, 11) is 0. The van der Waals surface area contributed by atoms with Gasteiger partial charge in [-0.15, -0.1) is 0 Å². The second kappa shape index (κ2) is 4.97. The van der Waals surface area contributed by atoms with E-state index < -0.39 is 11.7 Å². The van der Waals surface area contributed by atoms with Crippen molar-refractivity contribution in [3.63, 3.8) is 0 Å². The van der Waals surface area contributed by atoms with Crippen LogP contribution in [0.15, 0.2) is 24.3 Å². The Bertz CT molecular complexity index is 428. The number of benzene rings is 1. The molecule has 1 saturated heterocycles. The third-order valence-corrected chi connectivity index (χ3v) is 2.85. The monoisotopic (exact) mass is 258 g/mol. The molecule has 1 amide bonds. The van der Waals surface area contributed by atoms with Gasteiger partial charge >= 0.3 is 6.18 Å². The van der Waals surface area contributed by atoms with E-state index in [1.165, 1.54) is 12.1 Å².